The van der Waals surface area contributed by atoms with E-state index in [-0.39, 0.29) is 22.4 Å². The molecule has 0 aliphatic rings. The van der Waals surface area contributed by atoms with Gasteiger partial charge in [-0.2, -0.15) is 0 Å². The van der Waals surface area contributed by atoms with E-state index in [2.05, 4.69) is 0 Å². The van der Waals surface area contributed by atoms with Crippen LogP contribution >= 0.6 is 0 Å². The van der Waals surface area contributed by atoms with Crippen molar-refractivity contribution in [1.82, 2.24) is 19.9 Å². The molecule has 0 aliphatic carbocycles. The number of nitro groups is 2. The van der Waals surface area contributed by atoms with Gasteiger partial charge in [0.1, 0.15) is 0 Å². The Morgan fingerprint density at radius 2 is 0.727 bits per heavy atom. The lowest BCUT2D eigenvalue weighted by Gasteiger charge is -2.13. The highest BCUT2D eigenvalue weighted by atomic mass is 16.6. The molecule has 0 spiro atoms. The maximum atomic E-state index is 11.7. The second-order valence-electron chi connectivity index (χ2n) is 9.96. The first-order valence-electron chi connectivity index (χ1n) is 13.6. The lowest BCUT2D eigenvalue weighted by molar-refractivity contribution is -0.383. The van der Waals surface area contributed by atoms with E-state index in [9.17, 15) is 20.2 Å². The largest absolute Gasteiger partial charge is 0.297 e. The Balaban J connectivity index is 1.41. The van der Waals surface area contributed by atoms with Crippen molar-refractivity contribution >= 4 is 33.4 Å². The number of nitro benzene ring substituents is 2. The summed E-state index contributed by atoms with van der Waals surface area (Å²) in [5.41, 5.74) is 6.23. The van der Waals surface area contributed by atoms with Gasteiger partial charge in [-0.3, -0.25) is 20.2 Å². The first-order chi connectivity index (χ1) is 21.5. The van der Waals surface area contributed by atoms with Gasteiger partial charge in [0.2, 0.25) is 0 Å². The van der Waals surface area contributed by atoms with Gasteiger partial charge < -0.3 is 0 Å². The zero-order valence-corrected chi connectivity index (χ0v) is 22.9. The number of non-ortho nitro benzene ring substituents is 2. The summed E-state index contributed by atoms with van der Waals surface area (Å²) >= 11 is 0. The second kappa shape index (κ2) is 10.8. The molecule has 210 valence electrons. The van der Waals surface area contributed by atoms with E-state index in [0.29, 0.717) is 33.8 Å². The standard InChI is InChI=1S/C34H20N6O4/c41-39(42)27-15-7-13-25-33(27)37-31(21-9-3-1-4-10-21)29(35-25)23-17-19-24(20-18-23)30-32(22-11-5-2-6-12-22)38-34-26(36-30)14-8-16-28(34)40(43)44/h1-20H. The predicted octanol–water partition coefficient (Wildman–Crippen LogP) is 8.06. The summed E-state index contributed by atoms with van der Waals surface area (Å²) < 4.78 is 0. The number of para-hydroxylation sites is 2. The van der Waals surface area contributed by atoms with Crippen LogP contribution in [0.5, 0.6) is 0 Å². The van der Waals surface area contributed by atoms with E-state index in [1.54, 1.807) is 24.3 Å². The van der Waals surface area contributed by atoms with Gasteiger partial charge in [0, 0.05) is 34.4 Å². The van der Waals surface area contributed by atoms with E-state index < -0.39 is 9.85 Å². The third kappa shape index (κ3) is 4.66. The summed E-state index contributed by atoms with van der Waals surface area (Å²) in [4.78, 5) is 41.8. The van der Waals surface area contributed by atoms with Crippen LogP contribution in [0, 0.1) is 20.2 Å². The van der Waals surface area contributed by atoms with Crippen molar-refractivity contribution in [3.05, 3.63) is 142 Å². The molecule has 10 heteroatoms. The Hall–Kier alpha value is -6.42. The molecule has 2 aromatic heterocycles. The van der Waals surface area contributed by atoms with Gasteiger partial charge in [-0.05, 0) is 12.1 Å². The fourth-order valence-corrected chi connectivity index (χ4v) is 5.20. The van der Waals surface area contributed by atoms with Crippen LogP contribution < -0.4 is 0 Å². The average Bonchev–Trinajstić information content (AvgIpc) is 3.07. The Morgan fingerprint density at radius 1 is 0.386 bits per heavy atom. The topological polar surface area (TPSA) is 138 Å². The fraction of sp³-hybridized carbons (Fsp3) is 0. The number of rotatable bonds is 6. The smallest absolute Gasteiger partial charge is 0.258 e. The Labute approximate surface area is 249 Å². The number of hydrogen-bond acceptors (Lipinski definition) is 8. The highest BCUT2D eigenvalue weighted by molar-refractivity contribution is 5.93. The molecule has 0 saturated carbocycles. The van der Waals surface area contributed by atoms with Crippen molar-refractivity contribution in [2.24, 2.45) is 0 Å². The zero-order chi connectivity index (χ0) is 30.2. The van der Waals surface area contributed by atoms with Crippen LogP contribution in [-0.2, 0) is 0 Å². The normalized spacial score (nSPS) is 11.1. The van der Waals surface area contributed by atoms with Gasteiger partial charge in [0.25, 0.3) is 11.4 Å². The van der Waals surface area contributed by atoms with Gasteiger partial charge in [0.05, 0.1) is 43.7 Å². The molecule has 2 heterocycles. The lowest BCUT2D eigenvalue weighted by Crippen LogP contribution is -1.99. The van der Waals surface area contributed by atoms with Gasteiger partial charge >= 0.3 is 0 Å². The number of fused-ring (bicyclic) bond motifs is 2. The highest BCUT2D eigenvalue weighted by Gasteiger charge is 2.21. The highest BCUT2D eigenvalue weighted by Crippen LogP contribution is 2.37. The second-order valence-corrected chi connectivity index (χ2v) is 9.96. The fourth-order valence-electron chi connectivity index (χ4n) is 5.20. The van der Waals surface area contributed by atoms with Crippen LogP contribution in [0.2, 0.25) is 0 Å². The van der Waals surface area contributed by atoms with E-state index in [4.69, 9.17) is 19.9 Å². The van der Waals surface area contributed by atoms with Crippen LogP contribution in [0.3, 0.4) is 0 Å². The van der Waals surface area contributed by atoms with Crippen LogP contribution in [0.25, 0.3) is 67.1 Å². The van der Waals surface area contributed by atoms with Crippen LogP contribution in [0.15, 0.2) is 121 Å². The van der Waals surface area contributed by atoms with E-state index in [1.165, 1.54) is 12.1 Å². The number of nitrogens with zero attached hydrogens (tertiary/aromatic N) is 6. The molecule has 5 aromatic carbocycles. The minimum atomic E-state index is -0.455. The molecule has 7 aromatic rings. The molecular formula is C34H20N6O4. The third-order valence-electron chi connectivity index (χ3n) is 7.27. The predicted molar refractivity (Wildman–Crippen MR) is 168 cm³/mol. The van der Waals surface area contributed by atoms with Crippen LogP contribution in [0.4, 0.5) is 11.4 Å². The molecule has 0 saturated heterocycles. The molecule has 0 aliphatic heterocycles. The molecule has 0 bridgehead atoms. The zero-order valence-electron chi connectivity index (χ0n) is 22.9. The van der Waals surface area contributed by atoms with Crippen molar-refractivity contribution in [3.8, 4) is 45.0 Å². The van der Waals surface area contributed by atoms with E-state index >= 15 is 0 Å². The Morgan fingerprint density at radius 3 is 1.09 bits per heavy atom. The summed E-state index contributed by atoms with van der Waals surface area (Å²) in [5, 5.41) is 23.5. The molecule has 44 heavy (non-hydrogen) atoms. The molecule has 0 atom stereocenters. The van der Waals surface area contributed by atoms with Gasteiger partial charge in [-0.25, -0.2) is 19.9 Å². The maximum Gasteiger partial charge on any atom is 0.297 e. The first kappa shape index (κ1) is 26.5. The Bertz CT molecular complexity index is 2060. The SMILES string of the molecule is O=[N+]([O-])c1cccc2nc(-c3ccc(-c4nc5cccc([N+](=O)[O-])c5nc4-c4ccccc4)cc3)c(-c3ccccc3)nc12. The summed E-state index contributed by atoms with van der Waals surface area (Å²) in [6.45, 7) is 0. The van der Waals surface area contributed by atoms with Gasteiger partial charge in [0.15, 0.2) is 11.0 Å². The van der Waals surface area contributed by atoms with Crippen LogP contribution in [-0.4, -0.2) is 29.8 Å². The first-order valence-corrected chi connectivity index (χ1v) is 13.6. The van der Waals surface area contributed by atoms with Crippen molar-refractivity contribution in [1.29, 1.82) is 0 Å². The quantitative estimate of drug-likeness (QED) is 0.143. The molecule has 7 rings (SSSR count). The minimum Gasteiger partial charge on any atom is -0.258 e. The van der Waals surface area contributed by atoms with E-state index in [0.717, 1.165) is 22.3 Å². The van der Waals surface area contributed by atoms with Gasteiger partial charge in [-0.15, -0.1) is 0 Å². The average molecular weight is 577 g/mol. The monoisotopic (exact) mass is 576 g/mol. The summed E-state index contributed by atoms with van der Waals surface area (Å²) in [7, 11) is 0. The Kier molecular flexibility index (Phi) is 6.48. The van der Waals surface area contributed by atoms with Crippen molar-refractivity contribution in [2.45, 2.75) is 0 Å². The number of aromatic nitrogens is 4. The number of hydrogen-bond donors (Lipinski definition) is 0. The summed E-state index contributed by atoms with van der Waals surface area (Å²) in [6, 6.07) is 35.8. The van der Waals surface area contributed by atoms with Crippen LogP contribution in [0.1, 0.15) is 0 Å². The summed E-state index contributed by atoms with van der Waals surface area (Å²) in [5.74, 6) is 0. The molecular weight excluding hydrogens is 556 g/mol. The minimum absolute atomic E-state index is 0.113. The third-order valence-corrected chi connectivity index (χ3v) is 7.27. The molecule has 0 radical (unpaired) electrons. The molecule has 10 nitrogen and oxygen atoms in total. The molecule has 0 unspecified atom stereocenters. The van der Waals surface area contributed by atoms with Gasteiger partial charge in [-0.1, -0.05) is 97.1 Å². The molecule has 0 fully saturated rings. The van der Waals surface area contributed by atoms with Crippen molar-refractivity contribution < 1.29 is 9.85 Å². The van der Waals surface area contributed by atoms with E-state index in [1.807, 2.05) is 84.9 Å². The lowest BCUT2D eigenvalue weighted by atomic mass is 9.99. The van der Waals surface area contributed by atoms with Crippen molar-refractivity contribution in [2.75, 3.05) is 0 Å². The summed E-state index contributed by atoms with van der Waals surface area (Å²) in [6.07, 6.45) is 0. The number of benzene rings is 5. The van der Waals surface area contributed by atoms with Crippen molar-refractivity contribution in [3.63, 3.8) is 0 Å². The maximum absolute atomic E-state index is 11.7. The molecule has 0 amide bonds. The molecule has 0 N–H and O–H groups in total.